The van der Waals surface area contributed by atoms with E-state index in [1.54, 1.807) is 26.2 Å². The van der Waals surface area contributed by atoms with Crippen LogP contribution in [0.15, 0.2) is 60.7 Å². The van der Waals surface area contributed by atoms with Crippen LogP contribution in [0.4, 0.5) is 0 Å². The number of amides is 1. The third-order valence-electron chi connectivity index (χ3n) is 9.52. The number of rotatable bonds is 10. The molecule has 1 N–H and O–H groups in total. The summed E-state index contributed by atoms with van der Waals surface area (Å²) in [4.78, 5) is 20.1. The van der Waals surface area contributed by atoms with Crippen molar-refractivity contribution in [2.75, 3.05) is 47.4 Å². The first kappa shape index (κ1) is 32.4. The lowest BCUT2D eigenvalue weighted by molar-refractivity contribution is -0.0907. The summed E-state index contributed by atoms with van der Waals surface area (Å²) >= 11 is 6.25. The second-order valence-electron chi connectivity index (χ2n) is 13.0. The average Bonchev–Trinajstić information content (AvgIpc) is 3.68. The quantitative estimate of drug-likeness (QED) is 0.319. The molecule has 1 unspecified atom stereocenters. The van der Waals surface area contributed by atoms with Gasteiger partial charge in [-0.2, -0.15) is 0 Å². The van der Waals surface area contributed by atoms with Crippen molar-refractivity contribution in [2.24, 2.45) is 0 Å². The summed E-state index contributed by atoms with van der Waals surface area (Å²) in [6.07, 6.45) is 1.82. The van der Waals surface area contributed by atoms with Gasteiger partial charge in [0, 0.05) is 62.6 Å². The summed E-state index contributed by atoms with van der Waals surface area (Å²) in [7, 11) is 5.73. The molecule has 0 saturated carbocycles. The van der Waals surface area contributed by atoms with Gasteiger partial charge >= 0.3 is 0 Å². The Balaban J connectivity index is 1.20. The van der Waals surface area contributed by atoms with Crippen molar-refractivity contribution in [2.45, 2.75) is 63.2 Å². The van der Waals surface area contributed by atoms with Crippen LogP contribution in [0, 0.1) is 0 Å². The van der Waals surface area contributed by atoms with Gasteiger partial charge in [0.05, 0.1) is 12.7 Å². The van der Waals surface area contributed by atoms with Gasteiger partial charge in [-0.15, -0.1) is 0 Å². The molecular weight excluding hydrogens is 606 g/mol. The van der Waals surface area contributed by atoms with Crippen LogP contribution in [0.2, 0.25) is 5.02 Å². The number of piperidine rings is 1. The Bertz CT molecular complexity index is 1520. The van der Waals surface area contributed by atoms with Gasteiger partial charge in [0.2, 0.25) is 0 Å². The highest BCUT2D eigenvalue weighted by atomic mass is 35.5. The molecule has 3 aromatic rings. The smallest absolute Gasteiger partial charge is 0.257 e. The Morgan fingerprint density at radius 3 is 2.48 bits per heavy atom. The van der Waals surface area contributed by atoms with Crippen LogP contribution < -0.4 is 18.9 Å². The Hall–Kier alpha value is -3.50. The van der Waals surface area contributed by atoms with Gasteiger partial charge in [0.15, 0.2) is 6.23 Å². The molecule has 0 bridgehead atoms. The van der Waals surface area contributed by atoms with Gasteiger partial charge in [0.25, 0.3) is 5.91 Å². The summed E-state index contributed by atoms with van der Waals surface area (Å²) in [6.45, 7) is 4.75. The lowest BCUT2D eigenvalue weighted by atomic mass is 9.87. The fourth-order valence-electron chi connectivity index (χ4n) is 6.75. The summed E-state index contributed by atoms with van der Waals surface area (Å²) in [6, 6.07) is 19.2. The van der Waals surface area contributed by atoms with Crippen molar-refractivity contribution in [3.8, 4) is 23.0 Å². The minimum atomic E-state index is -0.814. The Morgan fingerprint density at radius 2 is 1.80 bits per heavy atom. The molecule has 3 aromatic carbocycles. The van der Waals surface area contributed by atoms with Gasteiger partial charge < -0.3 is 33.9 Å². The highest BCUT2D eigenvalue weighted by Crippen LogP contribution is 2.42. The molecule has 0 radical (unpaired) electrons. The van der Waals surface area contributed by atoms with E-state index in [2.05, 4.69) is 9.80 Å². The van der Waals surface area contributed by atoms with Gasteiger partial charge in [-0.1, -0.05) is 23.7 Å². The number of hydrogen-bond acceptors (Lipinski definition) is 8. The summed E-state index contributed by atoms with van der Waals surface area (Å²) in [5.41, 5.74) is 2.29. The maximum atomic E-state index is 13.9. The standard InChI is InChI=1S/C36H44ClN3O6/c1-24(41)35(39-17-14-36(15-18-39)21-26-19-27(37)7-12-32(26)46-36)45-33-20-30(44-23-25-5-8-29(43-4)9-6-25)10-11-31(33)34(42)40-16-13-28(22-40)38(2)3/h5-12,19-20,24,28,35,41H,13-18,21-23H2,1-4H3/t24-,28+,35?/m0/s1. The maximum Gasteiger partial charge on any atom is 0.257 e. The molecule has 1 amide bonds. The van der Waals surface area contributed by atoms with Crippen molar-refractivity contribution in [1.29, 1.82) is 0 Å². The first-order chi connectivity index (χ1) is 22.1. The van der Waals surface area contributed by atoms with Crippen LogP contribution in [-0.2, 0) is 13.0 Å². The predicted molar refractivity (Wildman–Crippen MR) is 177 cm³/mol. The van der Waals surface area contributed by atoms with Gasteiger partial charge in [0.1, 0.15) is 41.3 Å². The number of halogens is 1. The number of aliphatic hydroxyl groups excluding tert-OH is 1. The van der Waals surface area contributed by atoms with E-state index in [1.807, 2.05) is 67.5 Å². The zero-order valence-corrected chi connectivity index (χ0v) is 27.8. The number of aliphatic hydroxyl groups is 1. The minimum absolute atomic E-state index is 0.0845. The molecule has 0 aliphatic carbocycles. The fraction of sp³-hybridized carbons (Fsp3) is 0.472. The van der Waals surface area contributed by atoms with Gasteiger partial charge in [-0.05, 0) is 81.0 Å². The molecule has 0 aromatic heterocycles. The first-order valence-electron chi connectivity index (χ1n) is 16.0. The van der Waals surface area contributed by atoms with E-state index in [0.717, 1.165) is 48.3 Å². The molecule has 6 rings (SSSR count). The molecule has 3 aliphatic heterocycles. The number of nitrogens with zero attached hydrogens (tertiary/aromatic N) is 3. The second-order valence-corrected chi connectivity index (χ2v) is 13.4. The van der Waals surface area contributed by atoms with Crippen molar-refractivity contribution in [3.63, 3.8) is 0 Å². The third-order valence-corrected chi connectivity index (χ3v) is 9.76. The summed E-state index contributed by atoms with van der Waals surface area (Å²) < 4.78 is 24.5. The molecular formula is C36H44ClN3O6. The first-order valence-corrected chi connectivity index (χ1v) is 16.4. The van der Waals surface area contributed by atoms with E-state index in [4.69, 9.17) is 30.5 Å². The van der Waals surface area contributed by atoms with E-state index in [9.17, 15) is 9.90 Å². The van der Waals surface area contributed by atoms with E-state index >= 15 is 0 Å². The topological polar surface area (TPSA) is 83.9 Å². The number of fused-ring (bicyclic) bond motifs is 1. The predicted octanol–water partition coefficient (Wildman–Crippen LogP) is 5.26. The highest BCUT2D eigenvalue weighted by molar-refractivity contribution is 6.30. The molecule has 3 aliphatic rings. The number of carbonyl (C=O) groups excluding carboxylic acids is 1. The number of benzene rings is 3. The molecule has 2 saturated heterocycles. The SMILES string of the molecule is COc1ccc(COc2ccc(C(=O)N3CC[C@@H](N(C)C)C3)c(OC([C@H](C)O)N3CCC4(CC3)Cc3cc(Cl)ccc3O4)c2)cc1. The Morgan fingerprint density at radius 1 is 1.07 bits per heavy atom. The highest BCUT2D eigenvalue weighted by Gasteiger charge is 2.44. The van der Waals surface area contributed by atoms with Crippen molar-refractivity contribution in [1.82, 2.24) is 14.7 Å². The van der Waals surface area contributed by atoms with E-state index in [1.165, 1.54) is 0 Å². The molecule has 2 fully saturated rings. The number of carbonyl (C=O) groups is 1. The van der Waals surface area contributed by atoms with E-state index < -0.39 is 12.3 Å². The van der Waals surface area contributed by atoms with Crippen LogP contribution in [0.25, 0.3) is 0 Å². The fourth-order valence-corrected chi connectivity index (χ4v) is 6.94. The number of likely N-dealkylation sites (tertiary alicyclic amines) is 2. The number of likely N-dealkylation sites (N-methyl/N-ethyl adjacent to an activating group) is 1. The van der Waals surface area contributed by atoms with E-state index in [0.29, 0.717) is 60.9 Å². The molecule has 46 heavy (non-hydrogen) atoms. The summed E-state index contributed by atoms with van der Waals surface area (Å²) in [5, 5.41) is 11.7. The maximum absolute atomic E-state index is 13.9. The van der Waals surface area contributed by atoms with Crippen molar-refractivity contribution < 1.29 is 28.8 Å². The van der Waals surface area contributed by atoms with Crippen LogP contribution in [0.5, 0.6) is 23.0 Å². The molecule has 3 heterocycles. The molecule has 10 heteroatoms. The minimum Gasteiger partial charge on any atom is -0.497 e. The lowest BCUT2D eigenvalue weighted by Crippen LogP contribution is -2.55. The van der Waals surface area contributed by atoms with Crippen molar-refractivity contribution in [3.05, 3.63) is 82.4 Å². The molecule has 1 spiro atoms. The Labute approximate surface area is 276 Å². The number of ether oxygens (including phenoxy) is 4. The average molecular weight is 650 g/mol. The molecule has 246 valence electrons. The third kappa shape index (κ3) is 7.08. The molecule has 9 nitrogen and oxygen atoms in total. The summed E-state index contributed by atoms with van der Waals surface area (Å²) in [5.74, 6) is 2.57. The van der Waals surface area contributed by atoms with Crippen molar-refractivity contribution >= 4 is 17.5 Å². The largest absolute Gasteiger partial charge is 0.497 e. The second kappa shape index (κ2) is 13.7. The van der Waals surface area contributed by atoms with Crippen LogP contribution in [0.3, 0.4) is 0 Å². The number of hydrogen-bond donors (Lipinski definition) is 1. The zero-order valence-electron chi connectivity index (χ0n) is 27.1. The van der Waals surface area contributed by atoms with E-state index in [-0.39, 0.29) is 11.5 Å². The van der Waals surface area contributed by atoms with Gasteiger partial charge in [-0.25, -0.2) is 0 Å². The van der Waals surface area contributed by atoms with Crippen LogP contribution in [-0.4, -0.2) is 97.1 Å². The van der Waals surface area contributed by atoms with Crippen LogP contribution >= 0.6 is 11.6 Å². The Kier molecular flexibility index (Phi) is 9.66. The monoisotopic (exact) mass is 649 g/mol. The lowest BCUT2D eigenvalue weighted by Gasteiger charge is -2.42. The zero-order chi connectivity index (χ0) is 32.4. The normalized spacial score (nSPS) is 20.3. The van der Waals surface area contributed by atoms with Crippen LogP contribution in [0.1, 0.15) is 47.7 Å². The van der Waals surface area contributed by atoms with Gasteiger partial charge in [-0.3, -0.25) is 9.69 Å². The molecule has 3 atom stereocenters. The number of methoxy groups -OCH3 is 1.